The Morgan fingerprint density at radius 2 is 1.81 bits per heavy atom. The predicted molar refractivity (Wildman–Crippen MR) is 90.0 cm³/mol. The van der Waals surface area contributed by atoms with Crippen LogP contribution in [0.25, 0.3) is 0 Å². The molecule has 0 spiro atoms. The van der Waals surface area contributed by atoms with Gasteiger partial charge in [0.15, 0.2) is 11.8 Å². The summed E-state index contributed by atoms with van der Waals surface area (Å²) in [6, 6.07) is 12.0. The maximum Gasteiger partial charge on any atom is 0.192 e. The van der Waals surface area contributed by atoms with Gasteiger partial charge in [0, 0.05) is 25.7 Å². The third-order valence-electron chi connectivity index (χ3n) is 2.79. The molecule has 1 aromatic carbocycles. The van der Waals surface area contributed by atoms with Gasteiger partial charge in [0.2, 0.25) is 0 Å². The molecule has 0 amide bonds. The maximum atomic E-state index is 11.9. The third kappa shape index (κ3) is 4.51. The van der Waals surface area contributed by atoms with E-state index in [1.807, 2.05) is 57.2 Å². The molecule has 1 aromatic heterocycles. The van der Waals surface area contributed by atoms with Crippen molar-refractivity contribution >= 4 is 29.3 Å². The number of rotatable bonds is 4. The van der Waals surface area contributed by atoms with Crippen LogP contribution in [-0.4, -0.2) is 23.6 Å². The predicted octanol–water partition coefficient (Wildman–Crippen LogP) is 4.64. The first-order valence-corrected chi connectivity index (χ1v) is 8.25. The Morgan fingerprint density at radius 1 is 1.14 bits per heavy atom. The Bertz CT molecular complexity index is 624. The summed E-state index contributed by atoms with van der Waals surface area (Å²) < 4.78 is 7.31. The zero-order valence-electron chi connectivity index (χ0n) is 12.6. The van der Waals surface area contributed by atoms with Gasteiger partial charge in [-0.2, -0.15) is 0 Å². The second-order valence-electron chi connectivity index (χ2n) is 5.56. The van der Waals surface area contributed by atoms with E-state index < -0.39 is 5.54 Å². The van der Waals surface area contributed by atoms with Crippen LogP contribution < -0.4 is 4.74 Å². The van der Waals surface area contributed by atoms with E-state index in [0.29, 0.717) is 0 Å². The van der Waals surface area contributed by atoms with Crippen molar-refractivity contribution in [3.8, 4) is 5.75 Å². The lowest BCUT2D eigenvalue weighted by Crippen LogP contribution is -2.29. The number of ether oxygens (including phenoxy) is 1. The Labute approximate surface area is 133 Å². The SMILES string of the molecule is COc1ccc(Sc2ccc(/C=[N+](\[O-])C(C)(C)C)s2)cc1. The molecule has 0 aliphatic rings. The number of hydroxylamine groups is 1. The lowest BCUT2D eigenvalue weighted by Gasteiger charge is -2.18. The highest BCUT2D eigenvalue weighted by molar-refractivity contribution is 8.01. The van der Waals surface area contributed by atoms with Crippen LogP contribution in [0.2, 0.25) is 0 Å². The van der Waals surface area contributed by atoms with Gasteiger partial charge >= 0.3 is 0 Å². The van der Waals surface area contributed by atoms with Gasteiger partial charge in [-0.15, -0.1) is 11.3 Å². The number of methoxy groups -OCH3 is 1. The first-order chi connectivity index (χ1) is 9.88. The summed E-state index contributed by atoms with van der Waals surface area (Å²) in [5.74, 6) is 0.853. The van der Waals surface area contributed by atoms with Crippen LogP contribution in [0.4, 0.5) is 0 Å². The summed E-state index contributed by atoms with van der Waals surface area (Å²) >= 11 is 3.30. The molecule has 0 aliphatic carbocycles. The van der Waals surface area contributed by atoms with Crippen molar-refractivity contribution < 1.29 is 9.48 Å². The molecule has 21 heavy (non-hydrogen) atoms. The molecule has 3 nitrogen and oxygen atoms in total. The average molecular weight is 321 g/mol. The van der Waals surface area contributed by atoms with E-state index in [-0.39, 0.29) is 0 Å². The summed E-state index contributed by atoms with van der Waals surface area (Å²) in [5, 5.41) is 11.9. The van der Waals surface area contributed by atoms with Crippen molar-refractivity contribution in [3.63, 3.8) is 0 Å². The van der Waals surface area contributed by atoms with Gasteiger partial charge in [-0.05, 0) is 36.4 Å². The van der Waals surface area contributed by atoms with Crippen molar-refractivity contribution in [2.45, 2.75) is 35.4 Å². The molecular formula is C16H19NO2S2. The molecule has 112 valence electrons. The monoisotopic (exact) mass is 321 g/mol. The summed E-state index contributed by atoms with van der Waals surface area (Å²) in [7, 11) is 1.66. The van der Waals surface area contributed by atoms with E-state index in [9.17, 15) is 5.21 Å². The van der Waals surface area contributed by atoms with Crippen LogP contribution in [0.3, 0.4) is 0 Å². The highest BCUT2D eigenvalue weighted by Gasteiger charge is 2.18. The average Bonchev–Trinajstić information content (AvgIpc) is 2.86. The van der Waals surface area contributed by atoms with Crippen molar-refractivity contribution in [2.75, 3.05) is 7.11 Å². The van der Waals surface area contributed by atoms with E-state index in [2.05, 4.69) is 0 Å². The second-order valence-corrected chi connectivity index (χ2v) is 8.05. The van der Waals surface area contributed by atoms with Crippen molar-refractivity contribution in [3.05, 3.63) is 46.5 Å². The fourth-order valence-corrected chi connectivity index (χ4v) is 3.57. The van der Waals surface area contributed by atoms with E-state index in [1.165, 1.54) is 0 Å². The molecule has 0 N–H and O–H groups in total. The maximum absolute atomic E-state index is 11.9. The summed E-state index contributed by atoms with van der Waals surface area (Å²) in [5.41, 5.74) is -0.409. The Kier molecular flexibility index (Phi) is 4.96. The second kappa shape index (κ2) is 6.54. The Morgan fingerprint density at radius 3 is 2.38 bits per heavy atom. The standard InChI is InChI=1S/C16H19NO2S2/c1-16(2,3)17(18)11-14-9-10-15(21-14)20-13-7-5-12(19-4)6-8-13/h5-11H,1-4H3/b17-11-. The molecule has 5 heteroatoms. The lowest BCUT2D eigenvalue weighted by atomic mass is 10.1. The molecule has 0 saturated heterocycles. The fraction of sp³-hybridized carbons (Fsp3) is 0.312. The van der Waals surface area contributed by atoms with Gasteiger partial charge in [-0.1, -0.05) is 11.8 Å². The summed E-state index contributed by atoms with van der Waals surface area (Å²) in [6.45, 7) is 5.70. The fourth-order valence-electron chi connectivity index (χ4n) is 1.53. The first-order valence-electron chi connectivity index (χ1n) is 6.61. The third-order valence-corrected chi connectivity index (χ3v) is 4.95. The molecule has 2 aromatic rings. The molecule has 0 atom stereocenters. The molecule has 0 radical (unpaired) electrons. The van der Waals surface area contributed by atoms with Crippen molar-refractivity contribution in [1.82, 2.24) is 0 Å². The largest absolute Gasteiger partial charge is 0.623 e. The van der Waals surface area contributed by atoms with Crippen LogP contribution in [0.5, 0.6) is 5.75 Å². The molecular weight excluding hydrogens is 302 g/mol. The van der Waals surface area contributed by atoms with Gasteiger partial charge in [0.25, 0.3) is 0 Å². The Hall–Kier alpha value is -1.46. The minimum Gasteiger partial charge on any atom is -0.623 e. The van der Waals surface area contributed by atoms with Crippen LogP contribution in [0.15, 0.2) is 45.5 Å². The van der Waals surface area contributed by atoms with Gasteiger partial charge in [-0.25, -0.2) is 4.74 Å². The van der Waals surface area contributed by atoms with Gasteiger partial charge in [0.05, 0.1) is 16.2 Å². The van der Waals surface area contributed by atoms with E-state index in [4.69, 9.17) is 4.74 Å². The molecule has 0 aliphatic heterocycles. The van der Waals surface area contributed by atoms with Crippen LogP contribution >= 0.6 is 23.1 Å². The zero-order chi connectivity index (χ0) is 15.5. The zero-order valence-corrected chi connectivity index (χ0v) is 14.3. The smallest absolute Gasteiger partial charge is 0.192 e. The van der Waals surface area contributed by atoms with Crippen LogP contribution in [0, 0.1) is 5.21 Å². The van der Waals surface area contributed by atoms with E-state index in [1.54, 1.807) is 36.4 Å². The number of hydrogen-bond donors (Lipinski definition) is 0. The highest BCUT2D eigenvalue weighted by atomic mass is 32.2. The van der Waals surface area contributed by atoms with E-state index in [0.717, 1.165) is 24.5 Å². The number of benzene rings is 1. The van der Waals surface area contributed by atoms with Crippen LogP contribution in [-0.2, 0) is 0 Å². The van der Waals surface area contributed by atoms with Crippen LogP contribution in [0.1, 0.15) is 25.6 Å². The van der Waals surface area contributed by atoms with Gasteiger partial charge in [0.1, 0.15) is 5.75 Å². The van der Waals surface area contributed by atoms with Gasteiger partial charge < -0.3 is 9.94 Å². The molecule has 0 saturated carbocycles. The molecule has 2 rings (SSSR count). The normalized spacial score (nSPS) is 12.5. The Balaban J connectivity index is 2.09. The molecule has 1 heterocycles. The minimum absolute atomic E-state index is 0.409. The molecule has 0 unspecified atom stereocenters. The molecule has 0 bridgehead atoms. The highest BCUT2D eigenvalue weighted by Crippen LogP contribution is 2.33. The first kappa shape index (κ1) is 15.9. The number of hydrogen-bond acceptors (Lipinski definition) is 4. The number of nitrogens with zero attached hydrogens (tertiary/aromatic N) is 1. The summed E-state index contributed by atoms with van der Waals surface area (Å²) in [4.78, 5) is 2.12. The summed E-state index contributed by atoms with van der Waals surface area (Å²) in [6.07, 6.45) is 1.66. The number of thiophene rings is 1. The van der Waals surface area contributed by atoms with Crippen molar-refractivity contribution in [2.24, 2.45) is 0 Å². The topological polar surface area (TPSA) is 35.3 Å². The molecule has 0 fully saturated rings. The van der Waals surface area contributed by atoms with Crippen molar-refractivity contribution in [1.29, 1.82) is 0 Å². The van der Waals surface area contributed by atoms with E-state index >= 15 is 0 Å². The quantitative estimate of drug-likeness (QED) is 0.356. The minimum atomic E-state index is -0.409. The lowest BCUT2D eigenvalue weighted by molar-refractivity contribution is -0.530. The van der Waals surface area contributed by atoms with Gasteiger partial charge in [-0.3, -0.25) is 0 Å².